The van der Waals surface area contributed by atoms with E-state index in [4.69, 9.17) is 0 Å². The molecule has 0 amide bonds. The summed E-state index contributed by atoms with van der Waals surface area (Å²) in [5.74, 6) is 0. The van der Waals surface area contributed by atoms with Gasteiger partial charge in [-0.15, -0.1) is 11.3 Å². The lowest BCUT2D eigenvalue weighted by Gasteiger charge is -2.28. The van der Waals surface area contributed by atoms with E-state index in [9.17, 15) is 0 Å². The first-order valence-corrected chi connectivity index (χ1v) is 19.6. The van der Waals surface area contributed by atoms with Gasteiger partial charge >= 0.3 is 0 Å². The van der Waals surface area contributed by atoms with Gasteiger partial charge in [-0.05, 0) is 87.6 Å². The highest BCUT2D eigenvalue weighted by Crippen LogP contribution is 2.50. The molecule has 11 aromatic rings. The van der Waals surface area contributed by atoms with E-state index in [0.29, 0.717) is 0 Å². The zero-order valence-electron chi connectivity index (χ0n) is 29.9. The Balaban J connectivity index is 1.22. The number of anilines is 3. The van der Waals surface area contributed by atoms with Crippen molar-refractivity contribution in [1.29, 1.82) is 0 Å². The lowest BCUT2D eigenvalue weighted by molar-refractivity contribution is 1.18. The van der Waals surface area contributed by atoms with Gasteiger partial charge in [0.1, 0.15) is 0 Å². The monoisotopic (exact) mass is 718 g/mol. The van der Waals surface area contributed by atoms with Gasteiger partial charge in [0, 0.05) is 42.3 Å². The van der Waals surface area contributed by atoms with E-state index in [2.05, 4.69) is 216 Å². The van der Waals surface area contributed by atoms with Crippen LogP contribution in [0.1, 0.15) is 0 Å². The molecule has 0 aliphatic rings. The number of benzene rings is 9. The Morgan fingerprint density at radius 2 is 1.00 bits per heavy atom. The van der Waals surface area contributed by atoms with Crippen molar-refractivity contribution in [2.75, 3.05) is 4.90 Å². The molecule has 3 heteroatoms. The van der Waals surface area contributed by atoms with Crippen molar-refractivity contribution in [1.82, 2.24) is 4.57 Å². The number of nitrogens with zero attached hydrogens (tertiary/aromatic N) is 2. The maximum Gasteiger partial charge on any atom is 0.0562 e. The second-order valence-electron chi connectivity index (χ2n) is 14.1. The van der Waals surface area contributed by atoms with Crippen molar-refractivity contribution < 1.29 is 0 Å². The summed E-state index contributed by atoms with van der Waals surface area (Å²) in [6.45, 7) is 0. The van der Waals surface area contributed by atoms with Gasteiger partial charge in [-0.2, -0.15) is 0 Å². The fourth-order valence-electron chi connectivity index (χ4n) is 8.56. The molecule has 258 valence electrons. The van der Waals surface area contributed by atoms with Crippen LogP contribution in [0.2, 0.25) is 0 Å². The summed E-state index contributed by atoms with van der Waals surface area (Å²) in [6, 6.07) is 75.1. The van der Waals surface area contributed by atoms with Gasteiger partial charge in [0.2, 0.25) is 0 Å². The Bertz CT molecular complexity index is 3180. The SMILES string of the molecule is c1ccc(-c2ccc(N(c3ccc(-c4cccc5ccccc45)cc3)c3cccc4c3c3ccccc3n4-c3ccccc3)c3c2sc2ccccc23)cc1. The third-order valence-corrected chi connectivity index (χ3v) is 12.2. The van der Waals surface area contributed by atoms with Crippen LogP contribution < -0.4 is 4.90 Å². The number of hydrogen-bond donors (Lipinski definition) is 0. The van der Waals surface area contributed by atoms with E-state index < -0.39 is 0 Å². The number of rotatable bonds is 6. The van der Waals surface area contributed by atoms with Gasteiger partial charge in [0.05, 0.1) is 22.4 Å². The van der Waals surface area contributed by atoms with Crippen LogP contribution in [0.15, 0.2) is 206 Å². The Kier molecular flexibility index (Phi) is 7.39. The van der Waals surface area contributed by atoms with Crippen molar-refractivity contribution in [2.24, 2.45) is 0 Å². The Labute approximate surface area is 323 Å². The van der Waals surface area contributed by atoms with Crippen LogP contribution >= 0.6 is 11.3 Å². The van der Waals surface area contributed by atoms with E-state index in [0.717, 1.165) is 22.7 Å². The summed E-state index contributed by atoms with van der Waals surface area (Å²) in [5, 5.41) is 7.49. The summed E-state index contributed by atoms with van der Waals surface area (Å²) in [7, 11) is 0. The molecule has 0 unspecified atom stereocenters. The third kappa shape index (κ3) is 5.09. The summed E-state index contributed by atoms with van der Waals surface area (Å²) in [4.78, 5) is 2.51. The zero-order valence-corrected chi connectivity index (χ0v) is 30.7. The molecule has 0 aliphatic heterocycles. The van der Waals surface area contributed by atoms with E-state index in [1.807, 2.05) is 11.3 Å². The Morgan fingerprint density at radius 3 is 1.84 bits per heavy atom. The zero-order chi connectivity index (χ0) is 36.3. The predicted octanol–water partition coefficient (Wildman–Crippen LogP) is 15.1. The molecule has 9 aromatic carbocycles. The summed E-state index contributed by atoms with van der Waals surface area (Å²) in [5.41, 5.74) is 11.8. The minimum absolute atomic E-state index is 1.11. The number of fused-ring (bicyclic) bond motifs is 7. The topological polar surface area (TPSA) is 8.17 Å². The number of aromatic nitrogens is 1. The van der Waals surface area contributed by atoms with Crippen molar-refractivity contribution in [3.63, 3.8) is 0 Å². The van der Waals surface area contributed by atoms with Crippen LogP contribution in [0.4, 0.5) is 17.1 Å². The lowest BCUT2D eigenvalue weighted by Crippen LogP contribution is -2.11. The molecule has 55 heavy (non-hydrogen) atoms. The van der Waals surface area contributed by atoms with E-state index >= 15 is 0 Å². The van der Waals surface area contributed by atoms with Gasteiger partial charge in [-0.1, -0.05) is 152 Å². The fraction of sp³-hybridized carbons (Fsp3) is 0. The molecule has 2 aromatic heterocycles. The van der Waals surface area contributed by atoms with Gasteiger partial charge in [-0.3, -0.25) is 0 Å². The molecule has 0 saturated carbocycles. The van der Waals surface area contributed by atoms with Crippen molar-refractivity contribution in [2.45, 2.75) is 0 Å². The van der Waals surface area contributed by atoms with Crippen molar-refractivity contribution >= 4 is 81.1 Å². The highest BCUT2D eigenvalue weighted by atomic mass is 32.1. The Morgan fingerprint density at radius 1 is 0.382 bits per heavy atom. The van der Waals surface area contributed by atoms with Crippen LogP contribution in [0.25, 0.3) is 80.7 Å². The van der Waals surface area contributed by atoms with Gasteiger partial charge in [0.15, 0.2) is 0 Å². The molecule has 0 radical (unpaired) electrons. The molecule has 0 fully saturated rings. The van der Waals surface area contributed by atoms with Crippen molar-refractivity contribution in [3.05, 3.63) is 206 Å². The van der Waals surface area contributed by atoms with Gasteiger partial charge in [-0.25, -0.2) is 0 Å². The Hall–Kier alpha value is -6.94. The highest BCUT2D eigenvalue weighted by molar-refractivity contribution is 7.26. The van der Waals surface area contributed by atoms with Crippen LogP contribution in [0, 0.1) is 0 Å². The predicted molar refractivity (Wildman–Crippen MR) is 237 cm³/mol. The number of hydrogen-bond acceptors (Lipinski definition) is 2. The number of thiophene rings is 1. The van der Waals surface area contributed by atoms with E-state index in [1.165, 1.54) is 75.0 Å². The summed E-state index contributed by atoms with van der Waals surface area (Å²) in [6.07, 6.45) is 0. The summed E-state index contributed by atoms with van der Waals surface area (Å²) < 4.78 is 4.98. The second kappa shape index (κ2) is 12.9. The molecular weight excluding hydrogens is 685 g/mol. The maximum absolute atomic E-state index is 2.51. The first-order valence-electron chi connectivity index (χ1n) is 18.8. The standard InChI is InChI=1S/C52H34N2S/c1-3-15-36(16-4-1)42-33-34-48(51-44-23-10-12-28-49(44)55-52(42)51)54(39-31-29-37(30-32-39)41-24-13-18-35-17-7-8-21-40(35)41)47-27-14-26-46-50(47)43-22-9-11-25-45(43)53(46)38-19-5-2-6-20-38/h1-34H. The molecule has 2 heterocycles. The average Bonchev–Trinajstić information content (AvgIpc) is 3.82. The fourth-order valence-corrected chi connectivity index (χ4v) is 9.82. The molecule has 0 spiro atoms. The molecule has 11 rings (SSSR count). The van der Waals surface area contributed by atoms with Crippen LogP contribution in [0.5, 0.6) is 0 Å². The second-order valence-corrected chi connectivity index (χ2v) is 15.1. The van der Waals surface area contributed by atoms with Crippen LogP contribution in [0.3, 0.4) is 0 Å². The highest BCUT2D eigenvalue weighted by Gasteiger charge is 2.25. The normalized spacial score (nSPS) is 11.6. The first kappa shape index (κ1) is 31.6. The quantitative estimate of drug-likeness (QED) is 0.166. The molecule has 0 atom stereocenters. The van der Waals surface area contributed by atoms with Gasteiger partial charge in [0.25, 0.3) is 0 Å². The minimum Gasteiger partial charge on any atom is -0.309 e. The minimum atomic E-state index is 1.11. The van der Waals surface area contributed by atoms with Gasteiger partial charge < -0.3 is 9.47 Å². The maximum atomic E-state index is 2.51. The largest absolute Gasteiger partial charge is 0.309 e. The lowest BCUT2D eigenvalue weighted by atomic mass is 9.97. The average molecular weight is 719 g/mol. The molecule has 0 aliphatic carbocycles. The first-order chi connectivity index (χ1) is 27.3. The molecule has 0 saturated heterocycles. The molecule has 0 N–H and O–H groups in total. The van der Waals surface area contributed by atoms with Crippen molar-refractivity contribution in [3.8, 4) is 27.9 Å². The smallest absolute Gasteiger partial charge is 0.0562 e. The van der Waals surface area contributed by atoms with Crippen LogP contribution in [-0.4, -0.2) is 4.57 Å². The third-order valence-electron chi connectivity index (χ3n) is 11.0. The number of para-hydroxylation sites is 2. The molecular formula is C52H34N2S. The van der Waals surface area contributed by atoms with E-state index in [-0.39, 0.29) is 0 Å². The van der Waals surface area contributed by atoms with E-state index in [1.54, 1.807) is 0 Å². The molecule has 0 bridgehead atoms. The van der Waals surface area contributed by atoms with Crippen LogP contribution in [-0.2, 0) is 0 Å². The summed E-state index contributed by atoms with van der Waals surface area (Å²) >= 11 is 1.88. The molecule has 2 nitrogen and oxygen atoms in total.